The molecule has 0 amide bonds. The molecule has 0 spiro atoms. The lowest BCUT2D eigenvalue weighted by Crippen LogP contribution is -2.11. The smallest absolute Gasteiger partial charge is 0.274 e. The predicted molar refractivity (Wildman–Crippen MR) is 78.5 cm³/mol. The van der Waals surface area contributed by atoms with E-state index in [-0.39, 0.29) is 11.1 Å². The van der Waals surface area contributed by atoms with Crippen LogP contribution in [0.1, 0.15) is 20.7 Å². The van der Waals surface area contributed by atoms with E-state index in [0.29, 0.717) is 0 Å². The van der Waals surface area contributed by atoms with Crippen molar-refractivity contribution in [2.24, 2.45) is 11.7 Å². The van der Waals surface area contributed by atoms with Gasteiger partial charge in [-0.3, -0.25) is 21.7 Å². The first-order valence-electron chi connectivity index (χ1n) is 6.30. The van der Waals surface area contributed by atoms with Crippen LogP contribution < -0.4 is 11.7 Å². The van der Waals surface area contributed by atoms with Crippen molar-refractivity contribution in [2.45, 2.75) is 0 Å². The Balaban J connectivity index is 0.000000439. The van der Waals surface area contributed by atoms with Gasteiger partial charge < -0.3 is 0 Å². The highest BCUT2D eigenvalue weighted by molar-refractivity contribution is 5.88. The number of carbonyl (C=O) groups excluding carboxylic acids is 2. The molecule has 0 atom stereocenters. The summed E-state index contributed by atoms with van der Waals surface area (Å²) in [4.78, 5) is 56.2. The number of rotatable bonds is 4. The highest BCUT2D eigenvalue weighted by Crippen LogP contribution is 1.99. The molecule has 26 heavy (non-hydrogen) atoms. The zero-order valence-electron chi connectivity index (χ0n) is 12.9. The maximum atomic E-state index is 10.8. The molecule has 0 aliphatic heterocycles. The van der Waals surface area contributed by atoms with E-state index in [1.165, 1.54) is 49.1 Å². The van der Waals surface area contributed by atoms with Gasteiger partial charge in [0, 0.05) is 24.8 Å². The van der Waals surface area contributed by atoms with E-state index in [4.69, 9.17) is 10.4 Å². The van der Waals surface area contributed by atoms with Gasteiger partial charge in [-0.25, -0.2) is 9.59 Å². The fraction of sp³-hybridized carbons (Fsp3) is 0. The first-order chi connectivity index (χ1) is 12.4. The zero-order chi connectivity index (χ0) is 19.9. The highest BCUT2D eigenvalue weighted by Gasteiger charge is 2.18. The lowest BCUT2D eigenvalue weighted by molar-refractivity contribution is -0.956. The van der Waals surface area contributed by atoms with Crippen molar-refractivity contribution in [3.63, 3.8) is 0 Å². The van der Waals surface area contributed by atoms with Crippen molar-refractivity contribution < 1.29 is 39.9 Å². The van der Waals surface area contributed by atoms with E-state index in [1.807, 2.05) is 0 Å². The fourth-order valence-electron chi connectivity index (χ4n) is 1.22. The van der Waals surface area contributed by atoms with Crippen LogP contribution in [-0.4, -0.2) is 42.5 Å². The summed E-state index contributed by atoms with van der Waals surface area (Å²) in [5.41, 5.74) is 0.278. The van der Waals surface area contributed by atoms with Gasteiger partial charge in [0.05, 0.1) is 11.1 Å². The lowest BCUT2D eigenvalue weighted by atomic mass is 10.3. The van der Waals surface area contributed by atoms with Crippen molar-refractivity contribution >= 4 is 11.9 Å². The van der Waals surface area contributed by atoms with E-state index in [9.17, 15) is 19.4 Å². The maximum Gasteiger partial charge on any atom is 0.484 e. The second-order valence-corrected chi connectivity index (χ2v) is 3.70. The van der Waals surface area contributed by atoms with Gasteiger partial charge in [-0.2, -0.15) is 10.4 Å². The Morgan fingerprint density at radius 1 is 0.769 bits per heavy atom. The van der Waals surface area contributed by atoms with Crippen LogP contribution in [0.15, 0.2) is 49.1 Å². The minimum absolute atomic E-state index is 0.139. The molecule has 0 aliphatic rings. The van der Waals surface area contributed by atoms with Gasteiger partial charge >= 0.3 is 22.1 Å². The molecule has 0 aliphatic carbocycles. The highest BCUT2D eigenvalue weighted by atomic mass is 17.0. The lowest BCUT2D eigenvalue weighted by Gasteiger charge is -1.89. The molecule has 2 rings (SSSR count). The van der Waals surface area contributed by atoms with Crippen LogP contribution in [0.3, 0.4) is 0 Å². The molecule has 0 radical (unpaired) electrons. The normalized spacial score (nSPS) is 8.54. The van der Waals surface area contributed by atoms with E-state index in [1.54, 1.807) is 0 Å². The van der Waals surface area contributed by atoms with Crippen molar-refractivity contribution in [1.82, 2.24) is 9.97 Å². The van der Waals surface area contributed by atoms with Crippen LogP contribution in [0.5, 0.6) is 0 Å². The average Bonchev–Trinajstić information content (AvgIpc) is 2.64. The van der Waals surface area contributed by atoms with E-state index < -0.39 is 22.1 Å². The third-order valence-corrected chi connectivity index (χ3v) is 2.15. The van der Waals surface area contributed by atoms with E-state index in [0.717, 1.165) is 0 Å². The number of nitrogens with two attached hydrogens (primary N) is 2. The van der Waals surface area contributed by atoms with Crippen LogP contribution in [0.4, 0.5) is 0 Å². The van der Waals surface area contributed by atoms with Gasteiger partial charge in [0.1, 0.15) is 9.81 Å². The van der Waals surface area contributed by atoms with Crippen LogP contribution >= 0.6 is 0 Å². The third-order valence-electron chi connectivity index (χ3n) is 2.15. The Labute approximate surface area is 144 Å². The molecule has 0 unspecified atom stereocenters. The first-order valence-corrected chi connectivity index (χ1v) is 6.30. The number of pyridine rings is 2. The number of carbonyl (C=O) groups is 2. The summed E-state index contributed by atoms with van der Waals surface area (Å²) < 4.78 is 0. The SMILES string of the molecule is NN.O=C(O[N+](=O)O)c1ccncc1.O=C(O[N+](=O)O)c1ccncc1. The molecule has 14 nitrogen and oxygen atoms in total. The molecular formula is C12H14N6O8+2. The summed E-state index contributed by atoms with van der Waals surface area (Å²) in [6.45, 7) is 0. The Morgan fingerprint density at radius 3 is 1.27 bits per heavy atom. The summed E-state index contributed by atoms with van der Waals surface area (Å²) in [7, 11) is 0. The fourth-order valence-corrected chi connectivity index (χ4v) is 1.22. The summed E-state index contributed by atoms with van der Waals surface area (Å²) in [6, 6.07) is 5.41. The summed E-state index contributed by atoms with van der Waals surface area (Å²) in [5.74, 6) is 6.13. The molecule has 0 aromatic carbocycles. The van der Waals surface area contributed by atoms with E-state index in [2.05, 4.69) is 31.3 Å². The van der Waals surface area contributed by atoms with Crippen molar-refractivity contribution in [1.29, 1.82) is 0 Å². The molecule has 6 N–H and O–H groups in total. The van der Waals surface area contributed by atoms with Gasteiger partial charge in [-0.15, -0.1) is 0 Å². The molecule has 2 aromatic rings. The van der Waals surface area contributed by atoms with Crippen LogP contribution in [0.2, 0.25) is 0 Å². The topological polar surface area (TPSA) is 211 Å². The van der Waals surface area contributed by atoms with Crippen LogP contribution in [-0.2, 0) is 9.68 Å². The second-order valence-electron chi connectivity index (χ2n) is 3.70. The quantitative estimate of drug-likeness (QED) is 0.395. The zero-order valence-corrected chi connectivity index (χ0v) is 12.9. The van der Waals surface area contributed by atoms with Crippen molar-refractivity contribution in [3.05, 3.63) is 70.0 Å². The number of nitrogens with zero attached hydrogens (tertiary/aromatic N) is 4. The summed E-state index contributed by atoms with van der Waals surface area (Å²) in [6.07, 6.45) is 5.46. The van der Waals surface area contributed by atoms with Gasteiger partial charge in [0.2, 0.25) is 0 Å². The molecule has 0 saturated carbocycles. The molecule has 138 valence electrons. The predicted octanol–water partition coefficient (Wildman–Crippen LogP) is -0.538. The Morgan fingerprint density at radius 2 is 1.04 bits per heavy atom. The van der Waals surface area contributed by atoms with Crippen molar-refractivity contribution in [2.75, 3.05) is 0 Å². The second kappa shape index (κ2) is 12.4. The standard InChI is InChI=1S/2C6H5N2O4.H4N2/c2*9-6(12-8(10)11)5-1-3-7-4-2-5;1-2/h2*1-4H,(H,10,11);1-2H2/q2*+1;. The number of aromatic nitrogens is 2. The molecular weight excluding hydrogens is 356 g/mol. The Kier molecular flexibility index (Phi) is 10.5. The minimum Gasteiger partial charge on any atom is -0.274 e. The minimum atomic E-state index is -0.935. The van der Waals surface area contributed by atoms with Crippen LogP contribution in [0.25, 0.3) is 0 Å². The third kappa shape index (κ3) is 9.18. The number of hydrogen-bond donors (Lipinski definition) is 4. The number of hydrogen-bond acceptors (Lipinski definition) is 10. The number of hydrazine groups is 1. The van der Waals surface area contributed by atoms with Crippen LogP contribution in [0, 0.1) is 9.81 Å². The summed E-state index contributed by atoms with van der Waals surface area (Å²) >= 11 is 0. The molecule has 2 aromatic heterocycles. The summed E-state index contributed by atoms with van der Waals surface area (Å²) in [5, 5.41) is 14.2. The Hall–Kier alpha value is -4.04. The van der Waals surface area contributed by atoms with Gasteiger partial charge in [0.15, 0.2) is 0 Å². The first kappa shape index (κ1) is 22.0. The molecule has 0 saturated heterocycles. The van der Waals surface area contributed by atoms with Gasteiger partial charge in [-0.05, 0) is 24.3 Å². The average molecular weight is 370 g/mol. The molecule has 2 heterocycles. The molecule has 0 fully saturated rings. The molecule has 14 heteroatoms. The van der Waals surface area contributed by atoms with E-state index >= 15 is 0 Å². The monoisotopic (exact) mass is 370 g/mol. The van der Waals surface area contributed by atoms with Gasteiger partial charge in [-0.1, -0.05) is 9.68 Å². The maximum absolute atomic E-state index is 10.8. The Bertz CT molecular complexity index is 664. The van der Waals surface area contributed by atoms with Gasteiger partial charge in [0.25, 0.3) is 0 Å². The largest absolute Gasteiger partial charge is 0.484 e. The molecule has 0 bridgehead atoms. The van der Waals surface area contributed by atoms with Crippen molar-refractivity contribution in [3.8, 4) is 0 Å².